The maximum absolute atomic E-state index is 11.6. The largest absolute Gasteiger partial charge is 0.420 e. The summed E-state index contributed by atoms with van der Waals surface area (Å²) in [6.45, 7) is 3.52. The summed E-state index contributed by atoms with van der Waals surface area (Å²) < 4.78 is 6.27. The molecular weight excluding hydrogens is 256 g/mol. The Bertz CT molecular complexity index is 657. The summed E-state index contributed by atoms with van der Waals surface area (Å²) in [4.78, 5) is 23.2. The van der Waals surface area contributed by atoms with Crippen LogP contribution < -0.4 is 11.1 Å². The topological polar surface area (TPSA) is 64.2 Å². The van der Waals surface area contributed by atoms with Crippen molar-refractivity contribution in [2.75, 3.05) is 6.54 Å². The predicted octanol–water partition coefficient (Wildman–Crippen LogP) is 1.46. The number of rotatable bonds is 4. The number of halogens is 1. The fourth-order valence-electron chi connectivity index (χ4n) is 1.56. The number of carbonyl (C=O) groups excluding carboxylic acids is 1. The van der Waals surface area contributed by atoms with E-state index in [1.54, 1.807) is 24.3 Å². The molecule has 0 aliphatic carbocycles. The van der Waals surface area contributed by atoms with Crippen molar-refractivity contribution in [2.24, 2.45) is 0 Å². The Hall–Kier alpha value is -2.01. The fraction of sp³-hybridized carbons (Fsp3) is 0.167. The van der Waals surface area contributed by atoms with Crippen LogP contribution in [0.15, 0.2) is 45.1 Å². The van der Waals surface area contributed by atoms with Crippen LogP contribution in [0.1, 0.15) is 0 Å². The first kappa shape index (κ1) is 12.4. The normalized spacial score (nSPS) is 10.5. The molecule has 0 saturated heterocycles. The lowest BCUT2D eigenvalue weighted by molar-refractivity contribution is -0.121. The van der Waals surface area contributed by atoms with E-state index in [4.69, 9.17) is 16.0 Å². The molecule has 2 aromatic rings. The maximum Gasteiger partial charge on any atom is 0.420 e. The second-order valence-electron chi connectivity index (χ2n) is 3.72. The molecule has 6 heteroatoms. The average molecular weight is 267 g/mol. The summed E-state index contributed by atoms with van der Waals surface area (Å²) >= 11 is 5.53. The van der Waals surface area contributed by atoms with E-state index in [1.165, 1.54) is 4.57 Å². The number of carbonyl (C=O) groups is 1. The Labute approximate surface area is 108 Å². The molecule has 0 aliphatic rings. The van der Waals surface area contributed by atoms with Crippen LogP contribution in [0.3, 0.4) is 0 Å². The SMILES string of the molecule is C=C(Cl)CNC(=O)Cn1c(=O)oc2ccccc21. The van der Waals surface area contributed by atoms with Gasteiger partial charge in [0.1, 0.15) is 6.54 Å². The molecule has 1 aromatic heterocycles. The van der Waals surface area contributed by atoms with Gasteiger partial charge in [0.2, 0.25) is 5.91 Å². The second kappa shape index (κ2) is 5.10. The van der Waals surface area contributed by atoms with Gasteiger partial charge in [-0.25, -0.2) is 4.79 Å². The van der Waals surface area contributed by atoms with Crippen LogP contribution in [-0.2, 0) is 11.3 Å². The van der Waals surface area contributed by atoms with Crippen LogP contribution >= 0.6 is 11.6 Å². The molecule has 1 amide bonds. The molecule has 0 aliphatic heterocycles. The quantitative estimate of drug-likeness (QED) is 0.911. The number of fused-ring (bicyclic) bond motifs is 1. The van der Waals surface area contributed by atoms with Crippen molar-refractivity contribution >= 4 is 28.6 Å². The molecule has 1 N–H and O–H groups in total. The predicted molar refractivity (Wildman–Crippen MR) is 68.5 cm³/mol. The molecule has 0 fully saturated rings. The number of aromatic nitrogens is 1. The van der Waals surface area contributed by atoms with Gasteiger partial charge >= 0.3 is 5.76 Å². The van der Waals surface area contributed by atoms with Gasteiger partial charge in [-0.1, -0.05) is 30.3 Å². The summed E-state index contributed by atoms with van der Waals surface area (Å²) in [7, 11) is 0. The third-order valence-corrected chi connectivity index (χ3v) is 2.49. The Balaban J connectivity index is 2.21. The van der Waals surface area contributed by atoms with Gasteiger partial charge in [0.05, 0.1) is 12.1 Å². The number of nitrogens with zero attached hydrogens (tertiary/aromatic N) is 1. The molecule has 1 heterocycles. The Morgan fingerprint density at radius 1 is 1.44 bits per heavy atom. The van der Waals surface area contributed by atoms with Crippen molar-refractivity contribution in [3.8, 4) is 0 Å². The average Bonchev–Trinajstić information content (AvgIpc) is 2.64. The number of hydrogen-bond donors (Lipinski definition) is 1. The number of hydrogen-bond acceptors (Lipinski definition) is 3. The Kier molecular flexibility index (Phi) is 3.53. The minimum Gasteiger partial charge on any atom is -0.408 e. The van der Waals surface area contributed by atoms with Crippen LogP contribution in [0.25, 0.3) is 11.1 Å². The lowest BCUT2D eigenvalue weighted by atomic mass is 10.3. The van der Waals surface area contributed by atoms with E-state index < -0.39 is 5.76 Å². The van der Waals surface area contributed by atoms with E-state index in [0.29, 0.717) is 16.1 Å². The van der Waals surface area contributed by atoms with Gasteiger partial charge in [0.25, 0.3) is 0 Å². The minimum atomic E-state index is -0.559. The Morgan fingerprint density at radius 3 is 2.89 bits per heavy atom. The van der Waals surface area contributed by atoms with E-state index in [1.807, 2.05) is 0 Å². The highest BCUT2D eigenvalue weighted by Gasteiger charge is 2.11. The van der Waals surface area contributed by atoms with Crippen molar-refractivity contribution in [2.45, 2.75) is 6.54 Å². The molecule has 0 bridgehead atoms. The number of oxazole rings is 1. The maximum atomic E-state index is 11.6. The summed E-state index contributed by atoms with van der Waals surface area (Å²) in [5.74, 6) is -0.887. The second-order valence-corrected chi connectivity index (χ2v) is 4.25. The van der Waals surface area contributed by atoms with Crippen LogP contribution in [0.4, 0.5) is 0 Å². The van der Waals surface area contributed by atoms with Crippen molar-refractivity contribution in [1.29, 1.82) is 0 Å². The zero-order chi connectivity index (χ0) is 13.1. The van der Waals surface area contributed by atoms with Gasteiger partial charge in [0, 0.05) is 5.03 Å². The van der Waals surface area contributed by atoms with E-state index >= 15 is 0 Å². The van der Waals surface area contributed by atoms with Gasteiger partial charge in [-0.3, -0.25) is 9.36 Å². The smallest absolute Gasteiger partial charge is 0.408 e. The molecule has 0 unspecified atom stereocenters. The first-order valence-electron chi connectivity index (χ1n) is 5.26. The molecule has 2 rings (SSSR count). The molecular formula is C12H11ClN2O3. The highest BCUT2D eigenvalue weighted by molar-refractivity contribution is 6.29. The van der Waals surface area contributed by atoms with Gasteiger partial charge < -0.3 is 9.73 Å². The van der Waals surface area contributed by atoms with E-state index in [2.05, 4.69) is 11.9 Å². The third-order valence-electron chi connectivity index (χ3n) is 2.35. The molecule has 5 nitrogen and oxygen atoms in total. The first-order chi connectivity index (χ1) is 8.58. The molecule has 0 spiro atoms. The minimum absolute atomic E-state index is 0.111. The number of para-hydroxylation sites is 2. The van der Waals surface area contributed by atoms with Crippen LogP contribution in [0.5, 0.6) is 0 Å². The summed E-state index contributed by atoms with van der Waals surface area (Å²) in [5.41, 5.74) is 1.04. The van der Waals surface area contributed by atoms with E-state index in [-0.39, 0.29) is 19.0 Å². The number of nitrogens with one attached hydrogen (secondary N) is 1. The van der Waals surface area contributed by atoms with Gasteiger partial charge in [0.15, 0.2) is 5.58 Å². The lowest BCUT2D eigenvalue weighted by Crippen LogP contribution is -2.31. The van der Waals surface area contributed by atoms with Gasteiger partial charge in [-0.2, -0.15) is 0 Å². The molecule has 94 valence electrons. The highest BCUT2D eigenvalue weighted by Crippen LogP contribution is 2.11. The number of amides is 1. The fourth-order valence-corrected chi connectivity index (χ4v) is 1.62. The van der Waals surface area contributed by atoms with Gasteiger partial charge in [-0.15, -0.1) is 0 Å². The standard InChI is InChI=1S/C12H11ClN2O3/c1-8(13)6-14-11(16)7-15-9-4-2-3-5-10(9)18-12(15)17/h2-5H,1,6-7H2,(H,14,16). The van der Waals surface area contributed by atoms with Crippen molar-refractivity contribution in [3.05, 3.63) is 46.4 Å². The zero-order valence-electron chi connectivity index (χ0n) is 9.48. The lowest BCUT2D eigenvalue weighted by Gasteiger charge is -2.04. The van der Waals surface area contributed by atoms with E-state index in [0.717, 1.165) is 0 Å². The molecule has 18 heavy (non-hydrogen) atoms. The zero-order valence-corrected chi connectivity index (χ0v) is 10.2. The monoisotopic (exact) mass is 266 g/mol. The molecule has 0 saturated carbocycles. The highest BCUT2D eigenvalue weighted by atomic mass is 35.5. The molecule has 0 radical (unpaired) electrons. The third kappa shape index (κ3) is 2.62. The molecule has 1 aromatic carbocycles. The summed E-state index contributed by atoms with van der Waals surface area (Å²) in [6.07, 6.45) is 0. The van der Waals surface area contributed by atoms with Crippen LogP contribution in [0, 0.1) is 0 Å². The van der Waals surface area contributed by atoms with E-state index in [9.17, 15) is 9.59 Å². The van der Waals surface area contributed by atoms with Crippen LogP contribution in [-0.4, -0.2) is 17.0 Å². The van der Waals surface area contributed by atoms with Crippen molar-refractivity contribution in [1.82, 2.24) is 9.88 Å². The van der Waals surface area contributed by atoms with Crippen molar-refractivity contribution in [3.63, 3.8) is 0 Å². The first-order valence-corrected chi connectivity index (χ1v) is 5.64. The van der Waals surface area contributed by atoms with Gasteiger partial charge in [-0.05, 0) is 12.1 Å². The molecule has 0 atom stereocenters. The number of benzene rings is 1. The van der Waals surface area contributed by atoms with Crippen molar-refractivity contribution < 1.29 is 9.21 Å². The van der Waals surface area contributed by atoms with Crippen LogP contribution in [0.2, 0.25) is 0 Å². The summed E-state index contributed by atoms with van der Waals surface area (Å²) in [6, 6.07) is 6.92. The Morgan fingerprint density at radius 2 is 2.17 bits per heavy atom. The summed E-state index contributed by atoms with van der Waals surface area (Å²) in [5, 5.41) is 2.87.